The minimum absolute atomic E-state index is 0.0263. The summed E-state index contributed by atoms with van der Waals surface area (Å²) in [5, 5.41) is 34.4. The number of esters is 4. The molecule has 5 aliphatic rings. The third kappa shape index (κ3) is 17.8. The molecule has 0 N–H and O–H groups in total. The Balaban J connectivity index is 1.03. The molecular formula is C72H98N10O16. The van der Waals surface area contributed by atoms with Crippen LogP contribution in [0, 0.1) is 43.9 Å². The molecule has 0 radical (unpaired) electrons. The largest absolute Gasteiger partial charge is 0.451 e. The van der Waals surface area contributed by atoms with Crippen LogP contribution in [0.25, 0.3) is 0 Å². The van der Waals surface area contributed by atoms with Gasteiger partial charge in [-0.2, -0.15) is 10.2 Å². The molecule has 98 heavy (non-hydrogen) atoms. The molecule has 4 aliphatic carbocycles. The molecule has 4 amide bonds. The van der Waals surface area contributed by atoms with E-state index in [1.165, 1.54) is 42.0 Å². The van der Waals surface area contributed by atoms with Gasteiger partial charge in [-0.1, -0.05) is 104 Å². The minimum Gasteiger partial charge on any atom is -0.451 e. The molecule has 5 fully saturated rings. The van der Waals surface area contributed by atoms with Gasteiger partial charge in [0, 0.05) is 64.7 Å². The van der Waals surface area contributed by atoms with E-state index in [1.54, 1.807) is 57.9 Å². The van der Waals surface area contributed by atoms with Gasteiger partial charge in [-0.15, -0.1) is 0 Å². The number of hydrogen-bond acceptors (Lipinski definition) is 18. The van der Waals surface area contributed by atoms with E-state index in [1.807, 2.05) is 55.4 Å². The summed E-state index contributed by atoms with van der Waals surface area (Å²) in [7, 11) is 5.45. The summed E-state index contributed by atoms with van der Waals surface area (Å²) < 4.78 is 27.9. The quantitative estimate of drug-likeness (QED) is 0.0306. The number of carbonyl (C=O) groups excluding carboxylic acids is 8. The van der Waals surface area contributed by atoms with Crippen LogP contribution in [-0.4, -0.2) is 173 Å². The number of carbonyl (C=O) groups is 8. The van der Waals surface area contributed by atoms with Crippen LogP contribution in [0.3, 0.4) is 0 Å². The molecule has 4 saturated carbocycles. The Bertz CT molecular complexity index is 3370. The minimum atomic E-state index is -1.63. The molecule has 0 bridgehead atoms. The Labute approximate surface area is 573 Å². The Morgan fingerprint density at radius 3 is 0.918 bits per heavy atom. The lowest BCUT2D eigenvalue weighted by Gasteiger charge is -2.35. The van der Waals surface area contributed by atoms with Crippen molar-refractivity contribution in [2.45, 2.75) is 244 Å². The van der Waals surface area contributed by atoms with Gasteiger partial charge in [0.1, 0.15) is 46.9 Å². The zero-order chi connectivity index (χ0) is 71.5. The summed E-state index contributed by atoms with van der Waals surface area (Å²) >= 11 is 0. The summed E-state index contributed by atoms with van der Waals surface area (Å²) in [5.74, 6) is -7.93. The highest BCUT2D eigenvalue weighted by Gasteiger charge is 2.47. The molecule has 532 valence electrons. The molecule has 0 spiro atoms. The van der Waals surface area contributed by atoms with E-state index in [2.05, 4.69) is 0 Å². The number of likely N-dealkylation sites (N-methyl/N-ethyl adjacent to an activating group) is 4. The van der Waals surface area contributed by atoms with Crippen LogP contribution >= 0.6 is 0 Å². The maximum absolute atomic E-state index is 15.3. The zero-order valence-corrected chi connectivity index (χ0v) is 59.2. The van der Waals surface area contributed by atoms with Gasteiger partial charge < -0.3 is 38.5 Å². The van der Waals surface area contributed by atoms with E-state index in [9.17, 15) is 49.0 Å². The van der Waals surface area contributed by atoms with Gasteiger partial charge in [-0.25, -0.2) is 19.2 Å². The van der Waals surface area contributed by atoms with Gasteiger partial charge in [-0.05, 0) is 137 Å². The van der Waals surface area contributed by atoms with Gasteiger partial charge in [-0.3, -0.25) is 48.8 Å². The zero-order valence-electron chi connectivity index (χ0n) is 59.2. The Morgan fingerprint density at radius 1 is 0.408 bits per heavy atom. The third-order valence-electron chi connectivity index (χ3n) is 19.2. The number of cyclic esters (lactones) is 4. The van der Waals surface area contributed by atoms with Crippen molar-refractivity contribution >= 4 is 58.9 Å². The molecule has 26 nitrogen and oxygen atoms in total. The summed E-state index contributed by atoms with van der Waals surface area (Å²) in [6.45, 7) is 17.8. The van der Waals surface area contributed by atoms with Gasteiger partial charge in [0.15, 0.2) is 24.4 Å². The number of benzene rings is 2. The first-order valence-electron chi connectivity index (χ1n) is 34.9. The molecule has 2 aromatic carbocycles. The number of amides is 4. The first kappa shape index (κ1) is 73.7. The lowest BCUT2D eigenvalue weighted by atomic mass is 9.99. The van der Waals surface area contributed by atoms with E-state index in [0.717, 1.165) is 82.1 Å². The fourth-order valence-electron chi connectivity index (χ4n) is 13.2. The SMILES string of the molecule is CC(C)C[C@H]1C(=O)O[C@H](Cc2ccc(Cn3nc(C4CC4)c([N+](=O)[O-])c3C3CC3)cc2)C(=O)N(C)[C@@H](CC(C)C)C(=O)O[C@H](C)C(=O)N(C)[C@@H](CC(C)C)C(=O)O[C@H](Cc2ccc(Cn3nc(C4CC4)c([N+](=O)[O-])c3C3CC3)cc2)C(=O)N(C)[C@@H](CC(C)C)C(=O)O[C@H](C)C(=O)N1C. The maximum atomic E-state index is 15.3. The summed E-state index contributed by atoms with van der Waals surface area (Å²) in [6.07, 6.45) is -0.0428. The third-order valence-corrected chi connectivity index (χ3v) is 19.2. The molecule has 8 atom stereocenters. The second-order valence-corrected chi connectivity index (χ2v) is 29.6. The monoisotopic (exact) mass is 1360 g/mol. The molecule has 3 heterocycles. The number of nitrogens with zero attached hydrogens (tertiary/aromatic N) is 10. The van der Waals surface area contributed by atoms with Crippen molar-refractivity contribution in [3.05, 3.63) is 114 Å². The number of hydrogen-bond donors (Lipinski definition) is 0. The Hall–Kier alpha value is -8.58. The summed E-state index contributed by atoms with van der Waals surface area (Å²) in [6, 6.07) is 8.77. The topological polar surface area (TPSA) is 308 Å². The highest BCUT2D eigenvalue weighted by molar-refractivity contribution is 5.94. The van der Waals surface area contributed by atoms with E-state index in [4.69, 9.17) is 29.1 Å². The smallest absolute Gasteiger partial charge is 0.329 e. The molecule has 2 aromatic heterocycles. The van der Waals surface area contributed by atoms with Crippen LogP contribution in [-0.2, 0) is 83.2 Å². The summed E-state index contributed by atoms with van der Waals surface area (Å²) in [4.78, 5) is 148. The lowest BCUT2D eigenvalue weighted by Crippen LogP contribution is -2.55. The fraction of sp³-hybridized carbons (Fsp3) is 0.639. The van der Waals surface area contributed by atoms with Crippen molar-refractivity contribution in [3.8, 4) is 0 Å². The van der Waals surface area contributed by atoms with E-state index >= 15 is 9.59 Å². The predicted molar refractivity (Wildman–Crippen MR) is 359 cm³/mol. The van der Waals surface area contributed by atoms with Gasteiger partial charge in [0.25, 0.3) is 23.6 Å². The predicted octanol–water partition coefficient (Wildman–Crippen LogP) is 9.48. The lowest BCUT2D eigenvalue weighted by molar-refractivity contribution is -0.386. The van der Waals surface area contributed by atoms with Crippen LogP contribution < -0.4 is 0 Å². The molecule has 26 heteroatoms. The van der Waals surface area contributed by atoms with Crippen LogP contribution in [0.5, 0.6) is 0 Å². The first-order chi connectivity index (χ1) is 46.3. The van der Waals surface area contributed by atoms with Gasteiger partial charge in [0.05, 0.1) is 22.9 Å². The van der Waals surface area contributed by atoms with Gasteiger partial charge >= 0.3 is 35.3 Å². The normalized spacial score (nSPS) is 24.2. The molecule has 0 unspecified atom stereocenters. The van der Waals surface area contributed by atoms with Crippen molar-refractivity contribution < 1.29 is 67.2 Å². The van der Waals surface area contributed by atoms with Crippen molar-refractivity contribution in [2.75, 3.05) is 28.2 Å². The molecule has 4 aromatic rings. The Kier molecular flexibility index (Phi) is 23.4. The van der Waals surface area contributed by atoms with Crippen LogP contribution in [0.15, 0.2) is 48.5 Å². The average molecular weight is 1360 g/mol. The first-order valence-corrected chi connectivity index (χ1v) is 34.9. The van der Waals surface area contributed by atoms with E-state index in [0.29, 0.717) is 33.9 Å². The van der Waals surface area contributed by atoms with Gasteiger partial charge in [0.2, 0.25) is 0 Å². The highest BCUT2D eigenvalue weighted by atomic mass is 16.6. The van der Waals surface area contributed by atoms with Crippen LogP contribution in [0.2, 0.25) is 0 Å². The molecule has 9 rings (SSSR count). The highest BCUT2D eigenvalue weighted by Crippen LogP contribution is 2.52. The van der Waals surface area contributed by atoms with Crippen molar-refractivity contribution in [1.82, 2.24) is 39.2 Å². The van der Waals surface area contributed by atoms with Crippen LogP contribution in [0.1, 0.15) is 215 Å². The van der Waals surface area contributed by atoms with Crippen molar-refractivity contribution in [1.29, 1.82) is 0 Å². The maximum Gasteiger partial charge on any atom is 0.329 e. The second-order valence-electron chi connectivity index (χ2n) is 29.6. The second kappa shape index (κ2) is 31.1. The van der Waals surface area contributed by atoms with E-state index in [-0.39, 0.29) is 120 Å². The average Bonchev–Trinajstić information content (AvgIpc) is 1.60. The Morgan fingerprint density at radius 2 is 0.663 bits per heavy atom. The number of rotatable bonds is 22. The summed E-state index contributed by atoms with van der Waals surface area (Å²) in [5.41, 5.74) is 5.03. The van der Waals surface area contributed by atoms with Crippen LogP contribution in [0.4, 0.5) is 11.4 Å². The fourth-order valence-corrected chi connectivity index (χ4v) is 13.2. The standard InChI is InChI=1S/C72H98N10O16/c1-39(2)31-53-69(87)95-43(9)65(83)75(11)56(34-42(7)8)72(90)98-58(36-46-17-21-48(22-18-46)38-80-62(52-29-30-52)64(82(93)94)60(74-80)50-25-26-50)68(86)78(14)54(32-40(3)4)70(88)96-44(10)66(84)76(12)55(33-41(5)6)71(89)97-57(67(85)77(53)13)35-45-15-19-47(20-16-45)37-79-61(51-27-28-51)63(81(91)92)59(73-79)49-23-24-49/h15-22,39-44,49-58H,23-38H2,1-14H3/t43-,44-,53+,54+,55+,56+,57-,58-/m1/s1. The van der Waals surface area contributed by atoms with Crippen molar-refractivity contribution in [3.63, 3.8) is 0 Å². The van der Waals surface area contributed by atoms with Crippen molar-refractivity contribution in [2.24, 2.45) is 23.7 Å². The number of aromatic nitrogens is 4. The van der Waals surface area contributed by atoms with E-state index < -0.39 is 96.1 Å². The number of nitro groups is 2. The molecule has 1 saturated heterocycles. The molecule has 1 aliphatic heterocycles. The number of ether oxygens (including phenoxy) is 4. The molecular weight excluding hydrogens is 1260 g/mol.